The molecule has 4 rings (SSSR count). The van der Waals surface area contributed by atoms with Crippen molar-refractivity contribution in [3.63, 3.8) is 0 Å². The lowest BCUT2D eigenvalue weighted by atomic mass is 9.77. The maximum atomic E-state index is 14.4. The van der Waals surface area contributed by atoms with Gasteiger partial charge in [0.2, 0.25) is 0 Å². The van der Waals surface area contributed by atoms with E-state index in [9.17, 15) is 30.0 Å². The van der Waals surface area contributed by atoms with Crippen LogP contribution in [0, 0.1) is 17.8 Å². The highest BCUT2D eigenvalue weighted by Crippen LogP contribution is 2.40. The third-order valence-corrected chi connectivity index (χ3v) is 13.4. The Morgan fingerprint density at radius 2 is 1.57 bits per heavy atom. The quantitative estimate of drug-likeness (QED) is 0.263. The van der Waals surface area contributed by atoms with E-state index >= 15 is 0 Å². The van der Waals surface area contributed by atoms with Gasteiger partial charge in [-0.3, -0.25) is 4.79 Å². The van der Waals surface area contributed by atoms with Crippen molar-refractivity contribution >= 4 is 11.9 Å². The Bertz CT molecular complexity index is 1530. The molecular formula is C45H76N2O13. The van der Waals surface area contributed by atoms with E-state index < -0.39 is 102 Å². The first-order chi connectivity index (χ1) is 27.9. The minimum Gasteiger partial charge on any atom is -0.459 e. The van der Waals surface area contributed by atoms with Gasteiger partial charge in [-0.15, -0.1) is 0 Å². The summed E-state index contributed by atoms with van der Waals surface area (Å²) in [6, 6.07) is 7.77. The molecule has 1 aromatic carbocycles. The molecule has 344 valence electrons. The average Bonchev–Trinajstić information content (AvgIpc) is 3.18. The number of rotatable bonds is 9. The molecule has 1 aromatic rings. The number of carbonyl (C=O) groups excluding carboxylic acids is 2. The van der Waals surface area contributed by atoms with Crippen molar-refractivity contribution in [1.29, 1.82) is 0 Å². The van der Waals surface area contributed by atoms with Gasteiger partial charge in [0.25, 0.3) is 0 Å². The largest absolute Gasteiger partial charge is 0.459 e. The summed E-state index contributed by atoms with van der Waals surface area (Å²) >= 11 is 0. The minimum atomic E-state index is -1.83. The zero-order valence-corrected chi connectivity index (χ0v) is 38.4. The first kappa shape index (κ1) is 50.4. The number of ether oxygens (including phenoxy) is 7. The fourth-order valence-electron chi connectivity index (χ4n) is 9.61. The molecule has 0 aromatic heterocycles. The predicted molar refractivity (Wildman–Crippen MR) is 224 cm³/mol. The summed E-state index contributed by atoms with van der Waals surface area (Å²) < 4.78 is 44.7. The van der Waals surface area contributed by atoms with Crippen molar-refractivity contribution in [2.24, 2.45) is 17.8 Å². The van der Waals surface area contributed by atoms with Crippen LogP contribution < -0.4 is 0 Å². The molecule has 1 unspecified atom stereocenters. The maximum absolute atomic E-state index is 14.4. The van der Waals surface area contributed by atoms with Gasteiger partial charge >= 0.3 is 11.9 Å². The van der Waals surface area contributed by atoms with Gasteiger partial charge in [-0.2, -0.15) is 0 Å². The van der Waals surface area contributed by atoms with E-state index in [1.54, 1.807) is 65.8 Å². The molecule has 3 heterocycles. The Morgan fingerprint density at radius 3 is 2.15 bits per heavy atom. The molecule has 18 atom stereocenters. The molecule has 0 aliphatic carbocycles. The molecule has 0 saturated carbocycles. The van der Waals surface area contributed by atoms with Crippen molar-refractivity contribution in [3.05, 3.63) is 35.9 Å². The van der Waals surface area contributed by atoms with E-state index in [2.05, 4.69) is 0 Å². The summed E-state index contributed by atoms with van der Waals surface area (Å²) in [5.74, 6) is -3.33. The number of carbonyl (C=O) groups is 2. The Morgan fingerprint density at radius 1 is 0.933 bits per heavy atom. The van der Waals surface area contributed by atoms with Crippen LogP contribution in [0.1, 0.15) is 105 Å². The van der Waals surface area contributed by atoms with E-state index in [1.807, 2.05) is 57.8 Å². The van der Waals surface area contributed by atoms with E-state index in [0.29, 0.717) is 18.5 Å². The molecule has 3 aliphatic heterocycles. The van der Waals surface area contributed by atoms with Gasteiger partial charge in [-0.25, -0.2) is 4.79 Å². The fourth-order valence-corrected chi connectivity index (χ4v) is 9.61. The van der Waals surface area contributed by atoms with Gasteiger partial charge in [0.05, 0.1) is 53.1 Å². The van der Waals surface area contributed by atoms with Crippen LogP contribution in [0.25, 0.3) is 0 Å². The lowest BCUT2D eigenvalue weighted by molar-refractivity contribution is -0.317. The Labute approximate surface area is 357 Å². The van der Waals surface area contributed by atoms with Crippen molar-refractivity contribution < 1.29 is 63.2 Å². The van der Waals surface area contributed by atoms with Gasteiger partial charge < -0.3 is 63.4 Å². The highest BCUT2D eigenvalue weighted by atomic mass is 16.7. The van der Waals surface area contributed by atoms with Crippen molar-refractivity contribution in [2.45, 2.75) is 185 Å². The molecule has 15 nitrogen and oxygen atoms in total. The number of benzene rings is 1. The number of hydrogen-bond acceptors (Lipinski definition) is 15. The van der Waals surface area contributed by atoms with Crippen LogP contribution in [0.2, 0.25) is 0 Å². The summed E-state index contributed by atoms with van der Waals surface area (Å²) in [7, 11) is 7.14. The zero-order valence-electron chi connectivity index (χ0n) is 38.4. The monoisotopic (exact) mass is 853 g/mol. The SMILES string of the molecule is CC[C@H]1OC(=O)[C@H](C)[C@@H](O[C@H]2C[C@@](C)(OC)[C@@H](O)[C@H](C)O2)[C@H](C)[C@@H](O[C@@H]2O[C@H](C)CC(N(C)C)[C@H]2OC(=O)c2ccccc2)[C@](C)(O)C[C@@H](C)CN(C)[C@H](C)[C@@H](O)[C@]1(C)O. The van der Waals surface area contributed by atoms with E-state index in [-0.39, 0.29) is 37.3 Å². The van der Waals surface area contributed by atoms with Crippen LogP contribution in [-0.4, -0.2) is 167 Å². The number of methoxy groups -OCH3 is 1. The Balaban J connectivity index is 1.87. The van der Waals surface area contributed by atoms with Gasteiger partial charge in [0.1, 0.15) is 23.9 Å². The van der Waals surface area contributed by atoms with Gasteiger partial charge in [0, 0.05) is 32.0 Å². The normalized spacial score (nSPS) is 44.4. The molecule has 4 N–H and O–H groups in total. The number of aliphatic hydroxyl groups excluding tert-OH is 2. The van der Waals surface area contributed by atoms with Crippen molar-refractivity contribution in [2.75, 3.05) is 34.8 Å². The van der Waals surface area contributed by atoms with Crippen LogP contribution in [-0.2, 0) is 38.0 Å². The fraction of sp³-hybridized carbons (Fsp3) is 0.822. The summed E-state index contributed by atoms with van der Waals surface area (Å²) in [5.41, 5.74) is -4.16. The predicted octanol–water partition coefficient (Wildman–Crippen LogP) is 3.77. The molecule has 3 aliphatic rings. The molecule has 0 spiro atoms. The van der Waals surface area contributed by atoms with Crippen LogP contribution >= 0.6 is 0 Å². The van der Waals surface area contributed by atoms with Crippen molar-refractivity contribution in [3.8, 4) is 0 Å². The van der Waals surface area contributed by atoms with Gasteiger partial charge in [0.15, 0.2) is 18.7 Å². The van der Waals surface area contributed by atoms with Crippen LogP contribution in [0.15, 0.2) is 30.3 Å². The molecule has 0 radical (unpaired) electrons. The summed E-state index contributed by atoms with van der Waals surface area (Å²) in [5, 5.41) is 47.3. The molecule has 0 amide bonds. The molecule has 60 heavy (non-hydrogen) atoms. The number of nitrogens with zero attached hydrogens (tertiary/aromatic N) is 2. The summed E-state index contributed by atoms with van der Waals surface area (Å²) in [6.45, 7) is 18.0. The number of esters is 2. The minimum absolute atomic E-state index is 0.104. The molecule has 15 heteroatoms. The van der Waals surface area contributed by atoms with Crippen LogP contribution in [0.3, 0.4) is 0 Å². The molecule has 3 fully saturated rings. The number of hydrogen-bond donors (Lipinski definition) is 4. The maximum Gasteiger partial charge on any atom is 0.338 e. The zero-order chi connectivity index (χ0) is 45.1. The van der Waals surface area contributed by atoms with Crippen LogP contribution in [0.4, 0.5) is 0 Å². The average molecular weight is 853 g/mol. The number of cyclic esters (lactones) is 1. The molecule has 3 saturated heterocycles. The molecular weight excluding hydrogens is 776 g/mol. The first-order valence-electron chi connectivity index (χ1n) is 21.7. The smallest absolute Gasteiger partial charge is 0.338 e. The second-order valence-electron chi connectivity index (χ2n) is 18.9. The van der Waals surface area contributed by atoms with Crippen LogP contribution in [0.5, 0.6) is 0 Å². The van der Waals surface area contributed by atoms with Gasteiger partial charge in [-0.1, -0.05) is 39.0 Å². The third-order valence-electron chi connectivity index (χ3n) is 13.4. The Kier molecular flexibility index (Phi) is 17.2. The molecule has 0 bridgehead atoms. The Hall–Kier alpha value is -2.28. The lowest BCUT2D eigenvalue weighted by Gasteiger charge is -2.49. The lowest BCUT2D eigenvalue weighted by Crippen LogP contribution is -2.61. The number of likely N-dealkylation sites (N-methyl/N-ethyl adjacent to an activating group) is 2. The second kappa shape index (κ2) is 20.5. The van der Waals surface area contributed by atoms with E-state index in [0.717, 1.165) is 0 Å². The first-order valence-corrected chi connectivity index (χ1v) is 21.7. The van der Waals surface area contributed by atoms with Gasteiger partial charge in [-0.05, 0) is 107 Å². The third kappa shape index (κ3) is 11.4. The topological polar surface area (TPSA) is 186 Å². The summed E-state index contributed by atoms with van der Waals surface area (Å²) in [4.78, 5) is 32.0. The van der Waals surface area contributed by atoms with E-state index in [4.69, 9.17) is 33.2 Å². The highest BCUT2D eigenvalue weighted by Gasteiger charge is 2.53. The number of aliphatic hydroxyl groups is 4. The standard InChI is InChI=1S/C45H76N2O13/c1-15-33-45(10,53)37(48)29(6)47(13)24-25(2)22-43(8,52)39(27(4)35(28(5)40(50)57-33)58-34-23-44(9,54-14)38(49)30(7)56-34)60-42-36(32(46(11)12)21-26(3)55-42)59-41(51)31-19-17-16-18-20-31/h16-20,25-30,32-39,42,48-49,52-53H,15,21-24H2,1-14H3/t25-,26-,27+,28-,29-,30+,32?,33-,34+,35+,36-,37-,38+,39-,42+,43-,44-,45-/m1/s1. The highest BCUT2D eigenvalue weighted by molar-refractivity contribution is 5.89. The second-order valence-corrected chi connectivity index (χ2v) is 18.9. The summed E-state index contributed by atoms with van der Waals surface area (Å²) in [6.07, 6.45) is -8.66. The van der Waals surface area contributed by atoms with E-state index in [1.165, 1.54) is 14.0 Å². The van der Waals surface area contributed by atoms with Crippen molar-refractivity contribution in [1.82, 2.24) is 9.80 Å².